The van der Waals surface area contributed by atoms with Gasteiger partial charge in [-0.3, -0.25) is 0 Å². The van der Waals surface area contributed by atoms with Crippen LogP contribution in [0, 0.1) is 0 Å². The summed E-state index contributed by atoms with van der Waals surface area (Å²) in [5.41, 5.74) is 1.34. The number of carbonyl (C=O) groups excluding carboxylic acids is 1. The van der Waals surface area contributed by atoms with E-state index in [9.17, 15) is 9.59 Å². The Labute approximate surface area is 105 Å². The molecule has 0 aromatic heterocycles. The number of aliphatic carboxylic acids is 1. The second-order valence-corrected chi connectivity index (χ2v) is 3.72. The number of carbonyl (C=O) groups is 2. The normalized spacial score (nSPS) is 11.4. The lowest BCUT2D eigenvalue weighted by Gasteiger charge is -2.14. The molecule has 0 saturated heterocycles. The van der Waals surface area contributed by atoms with Gasteiger partial charge >= 0.3 is 12.0 Å². The fourth-order valence-electron chi connectivity index (χ4n) is 1.38. The highest BCUT2D eigenvalue weighted by molar-refractivity contribution is 5.89. The van der Waals surface area contributed by atoms with Crippen molar-refractivity contribution in [2.24, 2.45) is 0 Å². The van der Waals surface area contributed by atoms with Crippen LogP contribution in [-0.4, -0.2) is 30.2 Å². The molecular formula is C12H17N3O3. The minimum Gasteiger partial charge on any atom is -0.480 e. The molecule has 18 heavy (non-hydrogen) atoms. The molecule has 0 spiro atoms. The molecule has 0 aliphatic carbocycles. The summed E-state index contributed by atoms with van der Waals surface area (Å²) in [5.74, 6) is -0.884. The van der Waals surface area contributed by atoms with Crippen molar-refractivity contribution in [3.63, 3.8) is 0 Å². The van der Waals surface area contributed by atoms with Gasteiger partial charge in [0.05, 0.1) is 0 Å². The van der Waals surface area contributed by atoms with Crippen molar-refractivity contribution in [3.05, 3.63) is 24.3 Å². The lowest BCUT2D eigenvalue weighted by Crippen LogP contribution is -2.28. The molecule has 1 aromatic carbocycles. The minimum atomic E-state index is -0.884. The van der Waals surface area contributed by atoms with E-state index in [1.807, 2.05) is 0 Å². The number of carboxylic acid groups (broad SMARTS) is 1. The van der Waals surface area contributed by atoms with Crippen LogP contribution in [0.2, 0.25) is 0 Å². The van der Waals surface area contributed by atoms with E-state index in [0.29, 0.717) is 17.8 Å². The quantitative estimate of drug-likeness (QED) is 0.641. The third kappa shape index (κ3) is 3.97. The predicted molar refractivity (Wildman–Crippen MR) is 69.9 cm³/mol. The van der Waals surface area contributed by atoms with Crippen molar-refractivity contribution >= 4 is 23.4 Å². The summed E-state index contributed by atoms with van der Waals surface area (Å²) in [4.78, 5) is 21.9. The highest BCUT2D eigenvalue weighted by Gasteiger charge is 2.13. The van der Waals surface area contributed by atoms with Gasteiger partial charge in [-0.1, -0.05) is 6.92 Å². The summed E-state index contributed by atoms with van der Waals surface area (Å²) in [6, 6.07) is 5.93. The number of nitrogens with one attached hydrogen (secondary N) is 3. The molecule has 1 unspecified atom stereocenters. The number of carboxylic acids is 1. The van der Waals surface area contributed by atoms with Crippen LogP contribution in [0.15, 0.2) is 24.3 Å². The molecule has 6 heteroatoms. The first-order valence-corrected chi connectivity index (χ1v) is 5.65. The summed E-state index contributed by atoms with van der Waals surface area (Å²) in [6.07, 6.45) is 0.494. The molecule has 4 N–H and O–H groups in total. The maximum Gasteiger partial charge on any atom is 0.326 e. The topological polar surface area (TPSA) is 90.5 Å². The Bertz CT molecular complexity index is 417. The number of hydrogen-bond acceptors (Lipinski definition) is 3. The third-order valence-electron chi connectivity index (χ3n) is 2.42. The monoisotopic (exact) mass is 251 g/mol. The number of amides is 2. The van der Waals surface area contributed by atoms with Crippen LogP contribution < -0.4 is 16.0 Å². The Kier molecular flexibility index (Phi) is 4.98. The first-order chi connectivity index (χ1) is 8.56. The van der Waals surface area contributed by atoms with Gasteiger partial charge in [-0.2, -0.15) is 0 Å². The molecule has 0 bridgehead atoms. The van der Waals surface area contributed by atoms with Gasteiger partial charge in [-0.15, -0.1) is 0 Å². The fraction of sp³-hybridized carbons (Fsp3) is 0.333. The Morgan fingerprint density at radius 1 is 1.22 bits per heavy atom. The van der Waals surface area contributed by atoms with Crippen molar-refractivity contribution in [1.82, 2.24) is 5.32 Å². The number of hydrogen-bond donors (Lipinski definition) is 4. The van der Waals surface area contributed by atoms with Gasteiger partial charge in [0.1, 0.15) is 6.04 Å². The van der Waals surface area contributed by atoms with Crippen molar-refractivity contribution in [3.8, 4) is 0 Å². The zero-order valence-electron chi connectivity index (χ0n) is 10.4. The second-order valence-electron chi connectivity index (χ2n) is 3.72. The lowest BCUT2D eigenvalue weighted by molar-refractivity contribution is -0.137. The maximum atomic E-state index is 11.1. The average Bonchev–Trinajstić information content (AvgIpc) is 2.37. The minimum absolute atomic E-state index is 0.298. The smallest absolute Gasteiger partial charge is 0.326 e. The number of benzene rings is 1. The van der Waals surface area contributed by atoms with Crippen LogP contribution in [0.3, 0.4) is 0 Å². The van der Waals surface area contributed by atoms with E-state index in [0.717, 1.165) is 0 Å². The Morgan fingerprint density at radius 3 is 2.22 bits per heavy atom. The fourth-order valence-corrected chi connectivity index (χ4v) is 1.38. The number of rotatable bonds is 5. The van der Waals surface area contributed by atoms with Gasteiger partial charge in [-0.05, 0) is 30.7 Å². The van der Waals surface area contributed by atoms with E-state index < -0.39 is 12.0 Å². The number of anilines is 2. The molecule has 1 atom stereocenters. The first-order valence-electron chi connectivity index (χ1n) is 5.65. The van der Waals surface area contributed by atoms with Gasteiger partial charge in [0.25, 0.3) is 0 Å². The Hall–Kier alpha value is -2.24. The van der Waals surface area contributed by atoms with Crippen molar-refractivity contribution in [2.45, 2.75) is 19.4 Å². The van der Waals surface area contributed by atoms with Gasteiger partial charge in [0.15, 0.2) is 0 Å². The van der Waals surface area contributed by atoms with Crippen LogP contribution in [0.4, 0.5) is 16.2 Å². The highest BCUT2D eigenvalue weighted by atomic mass is 16.4. The molecule has 0 saturated carbocycles. The van der Waals surface area contributed by atoms with Crippen LogP contribution in [-0.2, 0) is 4.79 Å². The molecular weight excluding hydrogens is 234 g/mol. The van der Waals surface area contributed by atoms with Crippen molar-refractivity contribution in [2.75, 3.05) is 17.7 Å². The molecule has 0 aliphatic heterocycles. The molecule has 0 heterocycles. The van der Waals surface area contributed by atoms with Crippen LogP contribution in [0.25, 0.3) is 0 Å². The summed E-state index contributed by atoms with van der Waals surface area (Å²) in [5, 5.41) is 16.9. The van der Waals surface area contributed by atoms with E-state index in [4.69, 9.17) is 5.11 Å². The van der Waals surface area contributed by atoms with Gasteiger partial charge < -0.3 is 21.1 Å². The predicted octanol–water partition coefficient (Wildman–Crippen LogP) is 1.71. The van der Waals surface area contributed by atoms with Crippen LogP contribution >= 0.6 is 0 Å². The zero-order valence-corrected chi connectivity index (χ0v) is 10.4. The third-order valence-corrected chi connectivity index (χ3v) is 2.42. The molecule has 6 nitrogen and oxygen atoms in total. The van der Waals surface area contributed by atoms with E-state index in [1.54, 1.807) is 31.2 Å². The SMILES string of the molecule is CCC(Nc1ccc(NC(=O)NC)cc1)C(=O)O. The van der Waals surface area contributed by atoms with Crippen molar-refractivity contribution in [1.29, 1.82) is 0 Å². The standard InChI is InChI=1S/C12H17N3O3/c1-3-10(11(16)17)14-8-4-6-9(7-5-8)15-12(18)13-2/h4-7,10,14H,3H2,1-2H3,(H,16,17)(H2,13,15,18). The molecule has 0 fully saturated rings. The largest absolute Gasteiger partial charge is 0.480 e. The molecule has 0 radical (unpaired) electrons. The van der Waals surface area contributed by atoms with Crippen LogP contribution in [0.5, 0.6) is 0 Å². The highest BCUT2D eigenvalue weighted by Crippen LogP contribution is 2.15. The van der Waals surface area contributed by atoms with E-state index in [1.165, 1.54) is 7.05 Å². The average molecular weight is 251 g/mol. The Morgan fingerprint density at radius 2 is 1.78 bits per heavy atom. The van der Waals surface area contributed by atoms with Crippen molar-refractivity contribution < 1.29 is 14.7 Å². The Balaban J connectivity index is 2.65. The van der Waals surface area contributed by atoms with Gasteiger partial charge in [-0.25, -0.2) is 9.59 Å². The molecule has 98 valence electrons. The van der Waals surface area contributed by atoms with E-state index in [2.05, 4.69) is 16.0 Å². The van der Waals surface area contributed by atoms with Gasteiger partial charge in [0, 0.05) is 18.4 Å². The summed E-state index contributed by atoms with van der Waals surface area (Å²) < 4.78 is 0. The molecule has 1 aromatic rings. The molecule has 0 aliphatic rings. The van der Waals surface area contributed by atoms with Crippen LogP contribution in [0.1, 0.15) is 13.3 Å². The lowest BCUT2D eigenvalue weighted by atomic mass is 10.2. The summed E-state index contributed by atoms with van der Waals surface area (Å²) >= 11 is 0. The summed E-state index contributed by atoms with van der Waals surface area (Å²) in [7, 11) is 1.53. The van der Waals surface area contributed by atoms with E-state index in [-0.39, 0.29) is 6.03 Å². The zero-order chi connectivity index (χ0) is 13.5. The molecule has 1 rings (SSSR count). The number of urea groups is 1. The first kappa shape index (κ1) is 13.8. The summed E-state index contributed by atoms with van der Waals surface area (Å²) in [6.45, 7) is 1.80. The van der Waals surface area contributed by atoms with Gasteiger partial charge in [0.2, 0.25) is 0 Å². The second kappa shape index (κ2) is 6.48. The van der Waals surface area contributed by atoms with E-state index >= 15 is 0 Å². The molecule has 2 amide bonds. The maximum absolute atomic E-state index is 11.1.